The highest BCUT2D eigenvalue weighted by atomic mass is 16.2. The van der Waals surface area contributed by atoms with Gasteiger partial charge in [-0.25, -0.2) is 0 Å². The second-order valence-corrected chi connectivity index (χ2v) is 5.10. The van der Waals surface area contributed by atoms with Crippen molar-refractivity contribution in [3.8, 4) is 0 Å². The lowest BCUT2D eigenvalue weighted by Crippen LogP contribution is -2.30. The summed E-state index contributed by atoms with van der Waals surface area (Å²) >= 11 is 0. The van der Waals surface area contributed by atoms with Crippen LogP contribution in [0.15, 0.2) is 18.2 Å². The molecule has 0 bridgehead atoms. The van der Waals surface area contributed by atoms with E-state index in [1.165, 1.54) is 11.1 Å². The number of fused-ring (bicyclic) bond motifs is 1. The highest BCUT2D eigenvalue weighted by molar-refractivity contribution is 5.98. The Morgan fingerprint density at radius 2 is 1.72 bits per heavy atom. The molecular weight excluding hydrogens is 222 g/mol. The van der Waals surface area contributed by atoms with Crippen LogP contribution in [0.3, 0.4) is 0 Å². The summed E-state index contributed by atoms with van der Waals surface area (Å²) < 4.78 is 0. The van der Waals surface area contributed by atoms with E-state index in [9.17, 15) is 4.79 Å². The molecule has 1 aromatic rings. The topological polar surface area (TPSA) is 20.3 Å². The number of rotatable bonds is 2. The number of hydrogen-bond acceptors (Lipinski definition) is 1. The first-order chi connectivity index (χ1) is 8.50. The van der Waals surface area contributed by atoms with Gasteiger partial charge >= 0.3 is 0 Å². The predicted octanol–water partition coefficient (Wildman–Crippen LogP) is 4.20. The van der Waals surface area contributed by atoms with Crippen molar-refractivity contribution >= 4 is 5.91 Å². The molecular formula is C16H25NO. The first kappa shape index (κ1) is 14.7. The molecule has 0 aliphatic carbocycles. The van der Waals surface area contributed by atoms with Gasteiger partial charge in [0.2, 0.25) is 0 Å². The normalized spacial score (nSPS) is 13.8. The molecule has 1 heterocycles. The quantitative estimate of drug-likeness (QED) is 0.767. The smallest absolute Gasteiger partial charge is 0.254 e. The molecule has 1 amide bonds. The molecule has 1 aromatic carbocycles. The molecule has 0 saturated heterocycles. The van der Waals surface area contributed by atoms with Crippen LogP contribution in [0.25, 0.3) is 0 Å². The summed E-state index contributed by atoms with van der Waals surface area (Å²) in [5, 5.41) is 0. The summed E-state index contributed by atoms with van der Waals surface area (Å²) in [5.41, 5.74) is 3.32. The average molecular weight is 247 g/mol. The maximum Gasteiger partial charge on any atom is 0.254 e. The lowest BCUT2D eigenvalue weighted by Gasteiger charge is -2.19. The molecule has 1 aliphatic heterocycles. The number of amides is 1. The second-order valence-electron chi connectivity index (χ2n) is 5.10. The molecule has 2 heteroatoms. The Morgan fingerprint density at radius 3 is 2.22 bits per heavy atom. The zero-order chi connectivity index (χ0) is 13.9. The van der Waals surface area contributed by atoms with Crippen molar-refractivity contribution in [3.63, 3.8) is 0 Å². The number of carbonyl (C=O) groups excluding carboxylic acids is 1. The van der Waals surface area contributed by atoms with Crippen molar-refractivity contribution in [2.75, 3.05) is 0 Å². The molecule has 2 nitrogen and oxygen atoms in total. The maximum absolute atomic E-state index is 12.1. The van der Waals surface area contributed by atoms with Crippen LogP contribution in [0.5, 0.6) is 0 Å². The van der Waals surface area contributed by atoms with E-state index >= 15 is 0 Å². The third-order valence-corrected chi connectivity index (χ3v) is 3.26. The third-order valence-electron chi connectivity index (χ3n) is 3.26. The van der Waals surface area contributed by atoms with Gasteiger partial charge in [-0.05, 0) is 37.0 Å². The van der Waals surface area contributed by atoms with Crippen molar-refractivity contribution in [1.29, 1.82) is 0 Å². The van der Waals surface area contributed by atoms with Gasteiger partial charge in [0.05, 0.1) is 0 Å². The number of hydrogen-bond donors (Lipinski definition) is 0. The Kier molecular flexibility index (Phi) is 4.94. The van der Waals surface area contributed by atoms with E-state index in [-0.39, 0.29) is 11.9 Å². The standard InChI is InChI=1S/C14H19NO.C2H6/c1-9(2)11-5-6-12-8-15(10(3)4)14(16)13(12)7-11;1-2/h5-7,9-10H,8H2,1-4H3;1-2H3. The molecule has 100 valence electrons. The van der Waals surface area contributed by atoms with Gasteiger partial charge in [-0.1, -0.05) is 39.8 Å². The van der Waals surface area contributed by atoms with Gasteiger partial charge in [0.15, 0.2) is 0 Å². The molecule has 1 aliphatic rings. The molecule has 0 spiro atoms. The maximum atomic E-state index is 12.1. The predicted molar refractivity (Wildman–Crippen MR) is 76.9 cm³/mol. The summed E-state index contributed by atoms with van der Waals surface area (Å²) in [4.78, 5) is 14.1. The summed E-state index contributed by atoms with van der Waals surface area (Å²) in [5.74, 6) is 0.665. The first-order valence-electron chi connectivity index (χ1n) is 6.94. The summed E-state index contributed by atoms with van der Waals surface area (Å²) in [7, 11) is 0. The fourth-order valence-electron chi connectivity index (χ4n) is 2.12. The molecule has 0 fully saturated rings. The van der Waals surface area contributed by atoms with E-state index in [0.717, 1.165) is 12.1 Å². The lowest BCUT2D eigenvalue weighted by atomic mass is 9.98. The molecule has 18 heavy (non-hydrogen) atoms. The SMILES string of the molecule is CC.CC(C)c1ccc2c(c1)C(=O)N(C(C)C)C2. The Hall–Kier alpha value is -1.31. The summed E-state index contributed by atoms with van der Waals surface area (Å²) in [6.45, 7) is 13.2. The number of carbonyl (C=O) groups is 1. The Morgan fingerprint density at radius 1 is 1.11 bits per heavy atom. The van der Waals surface area contributed by atoms with Crippen molar-refractivity contribution in [2.24, 2.45) is 0 Å². The van der Waals surface area contributed by atoms with E-state index in [2.05, 4.69) is 45.9 Å². The molecule has 0 atom stereocenters. The van der Waals surface area contributed by atoms with Crippen LogP contribution in [0.4, 0.5) is 0 Å². The van der Waals surface area contributed by atoms with E-state index in [4.69, 9.17) is 0 Å². The van der Waals surface area contributed by atoms with Gasteiger partial charge in [0.1, 0.15) is 0 Å². The van der Waals surface area contributed by atoms with Crippen LogP contribution >= 0.6 is 0 Å². The van der Waals surface area contributed by atoms with Gasteiger partial charge in [0.25, 0.3) is 5.91 Å². The minimum atomic E-state index is 0.188. The van der Waals surface area contributed by atoms with Gasteiger partial charge < -0.3 is 4.90 Å². The van der Waals surface area contributed by atoms with Gasteiger partial charge in [0, 0.05) is 18.2 Å². The molecule has 0 unspecified atom stereocenters. The molecule has 0 saturated carbocycles. The zero-order valence-electron chi connectivity index (χ0n) is 12.4. The van der Waals surface area contributed by atoms with Gasteiger partial charge in [-0.2, -0.15) is 0 Å². The van der Waals surface area contributed by atoms with Crippen molar-refractivity contribution in [2.45, 2.75) is 60.0 Å². The molecule has 0 aromatic heterocycles. The first-order valence-corrected chi connectivity index (χ1v) is 6.94. The third kappa shape index (κ3) is 2.74. The van der Waals surface area contributed by atoms with Crippen LogP contribution in [-0.2, 0) is 6.54 Å². The van der Waals surface area contributed by atoms with Gasteiger partial charge in [-0.15, -0.1) is 0 Å². The van der Waals surface area contributed by atoms with E-state index in [1.807, 2.05) is 18.7 Å². The minimum Gasteiger partial charge on any atom is -0.332 e. The van der Waals surface area contributed by atoms with E-state index in [1.54, 1.807) is 0 Å². The highest BCUT2D eigenvalue weighted by Gasteiger charge is 2.29. The number of nitrogens with zero attached hydrogens (tertiary/aromatic N) is 1. The van der Waals surface area contributed by atoms with Crippen LogP contribution in [0.1, 0.15) is 68.9 Å². The fraction of sp³-hybridized carbons (Fsp3) is 0.562. The zero-order valence-corrected chi connectivity index (χ0v) is 12.4. The lowest BCUT2D eigenvalue weighted by molar-refractivity contribution is 0.0730. The van der Waals surface area contributed by atoms with Crippen LogP contribution in [0.2, 0.25) is 0 Å². The van der Waals surface area contributed by atoms with Crippen LogP contribution in [-0.4, -0.2) is 16.8 Å². The fourth-order valence-corrected chi connectivity index (χ4v) is 2.12. The van der Waals surface area contributed by atoms with Crippen LogP contribution < -0.4 is 0 Å². The Bertz CT molecular complexity index is 421. The van der Waals surface area contributed by atoms with Crippen molar-refractivity contribution in [1.82, 2.24) is 4.90 Å². The van der Waals surface area contributed by atoms with E-state index in [0.29, 0.717) is 5.92 Å². The molecule has 0 N–H and O–H groups in total. The molecule has 2 rings (SSSR count). The van der Waals surface area contributed by atoms with Crippen molar-refractivity contribution in [3.05, 3.63) is 34.9 Å². The van der Waals surface area contributed by atoms with E-state index < -0.39 is 0 Å². The second kappa shape index (κ2) is 6.03. The highest BCUT2D eigenvalue weighted by Crippen LogP contribution is 2.27. The molecule has 0 radical (unpaired) electrons. The average Bonchev–Trinajstić information content (AvgIpc) is 2.69. The van der Waals surface area contributed by atoms with Crippen molar-refractivity contribution < 1.29 is 4.79 Å². The Balaban J connectivity index is 0.000000771. The monoisotopic (exact) mass is 247 g/mol. The van der Waals surface area contributed by atoms with Gasteiger partial charge in [-0.3, -0.25) is 4.79 Å². The number of benzene rings is 1. The van der Waals surface area contributed by atoms with Crippen LogP contribution in [0, 0.1) is 0 Å². The summed E-state index contributed by atoms with van der Waals surface area (Å²) in [6, 6.07) is 6.58. The summed E-state index contributed by atoms with van der Waals surface area (Å²) in [6.07, 6.45) is 0. The largest absolute Gasteiger partial charge is 0.332 e. The minimum absolute atomic E-state index is 0.188. The Labute approximate surface area is 111 Å².